The Bertz CT molecular complexity index is 612. The summed E-state index contributed by atoms with van der Waals surface area (Å²) in [4.78, 5) is 17.9. The molecule has 1 aromatic heterocycles. The fourth-order valence-electron chi connectivity index (χ4n) is 2.54. The maximum Gasteiger partial charge on any atom is 0.274 e. The van der Waals surface area contributed by atoms with Gasteiger partial charge in [-0.15, -0.1) is 0 Å². The van der Waals surface area contributed by atoms with Gasteiger partial charge in [-0.25, -0.2) is 5.48 Å². The summed E-state index contributed by atoms with van der Waals surface area (Å²) >= 11 is 0. The first kappa shape index (κ1) is 17.1. The van der Waals surface area contributed by atoms with Gasteiger partial charge in [-0.1, -0.05) is 32.0 Å². The maximum atomic E-state index is 11.4. The average molecular weight is 313 g/mol. The van der Waals surface area contributed by atoms with Crippen LogP contribution < -0.4 is 5.48 Å². The first-order chi connectivity index (χ1) is 11.1. The first-order valence-corrected chi connectivity index (χ1v) is 7.73. The topological polar surface area (TPSA) is 65.5 Å². The third-order valence-corrected chi connectivity index (χ3v) is 3.48. The maximum absolute atomic E-state index is 11.4. The standard InChI is InChI=1S/C18H23N3O2/c1-14(2)11-21(13-16-4-3-9-19-10-16)12-15-5-7-17(8-6-15)18(22)20-23/h3-10,14,23H,11-13H2,1-2H3,(H,20,22). The number of hydrogen-bond donors (Lipinski definition) is 2. The summed E-state index contributed by atoms with van der Waals surface area (Å²) < 4.78 is 0. The smallest absolute Gasteiger partial charge is 0.274 e. The zero-order valence-corrected chi connectivity index (χ0v) is 13.6. The molecule has 1 aromatic carbocycles. The van der Waals surface area contributed by atoms with E-state index in [9.17, 15) is 4.79 Å². The van der Waals surface area contributed by atoms with Gasteiger partial charge < -0.3 is 0 Å². The number of carbonyl (C=O) groups is 1. The molecule has 0 radical (unpaired) electrons. The van der Waals surface area contributed by atoms with E-state index in [4.69, 9.17) is 5.21 Å². The molecule has 2 aromatic rings. The molecule has 0 atom stereocenters. The largest absolute Gasteiger partial charge is 0.295 e. The second kappa shape index (κ2) is 8.41. The summed E-state index contributed by atoms with van der Waals surface area (Å²) in [5, 5.41) is 8.65. The molecule has 1 heterocycles. The van der Waals surface area contributed by atoms with Gasteiger partial charge in [-0.3, -0.25) is 19.9 Å². The number of aromatic nitrogens is 1. The fraction of sp³-hybridized carbons (Fsp3) is 0.333. The van der Waals surface area contributed by atoms with Crippen LogP contribution in [0.3, 0.4) is 0 Å². The number of pyridine rings is 1. The van der Waals surface area contributed by atoms with Gasteiger partial charge in [0.1, 0.15) is 0 Å². The molecule has 122 valence electrons. The third-order valence-electron chi connectivity index (χ3n) is 3.48. The molecular formula is C18H23N3O2. The molecule has 2 N–H and O–H groups in total. The first-order valence-electron chi connectivity index (χ1n) is 7.73. The Hall–Kier alpha value is -2.24. The highest BCUT2D eigenvalue weighted by atomic mass is 16.5. The van der Waals surface area contributed by atoms with Crippen molar-refractivity contribution >= 4 is 5.91 Å². The molecule has 5 heteroatoms. The molecule has 0 aliphatic heterocycles. The molecule has 0 saturated heterocycles. The van der Waals surface area contributed by atoms with Crippen LogP contribution in [-0.4, -0.2) is 27.5 Å². The minimum atomic E-state index is -0.494. The summed E-state index contributed by atoms with van der Waals surface area (Å²) in [5.41, 5.74) is 4.40. The lowest BCUT2D eigenvalue weighted by molar-refractivity contribution is 0.0706. The molecule has 0 unspecified atom stereocenters. The quantitative estimate of drug-likeness (QED) is 0.609. The van der Waals surface area contributed by atoms with Crippen LogP contribution in [0, 0.1) is 5.92 Å². The summed E-state index contributed by atoms with van der Waals surface area (Å²) in [6.07, 6.45) is 3.67. The predicted molar refractivity (Wildman–Crippen MR) is 88.9 cm³/mol. The minimum absolute atomic E-state index is 0.443. The lowest BCUT2D eigenvalue weighted by Crippen LogP contribution is -2.27. The van der Waals surface area contributed by atoms with E-state index in [2.05, 4.69) is 29.8 Å². The van der Waals surface area contributed by atoms with Gasteiger partial charge in [0.2, 0.25) is 0 Å². The van der Waals surface area contributed by atoms with Crippen molar-refractivity contribution in [2.24, 2.45) is 5.92 Å². The van der Waals surface area contributed by atoms with Gasteiger partial charge in [0.05, 0.1) is 0 Å². The normalized spacial score (nSPS) is 11.0. The van der Waals surface area contributed by atoms with E-state index in [1.54, 1.807) is 23.8 Å². The van der Waals surface area contributed by atoms with Crippen molar-refractivity contribution in [2.45, 2.75) is 26.9 Å². The van der Waals surface area contributed by atoms with Gasteiger partial charge >= 0.3 is 0 Å². The number of benzene rings is 1. The van der Waals surface area contributed by atoms with E-state index in [0.717, 1.165) is 25.2 Å². The minimum Gasteiger partial charge on any atom is -0.295 e. The Kier molecular flexibility index (Phi) is 6.26. The highest BCUT2D eigenvalue weighted by Gasteiger charge is 2.10. The second-order valence-electron chi connectivity index (χ2n) is 6.06. The number of carbonyl (C=O) groups excluding carboxylic acids is 1. The Morgan fingerprint density at radius 3 is 2.43 bits per heavy atom. The highest BCUT2D eigenvalue weighted by molar-refractivity contribution is 5.93. The number of rotatable bonds is 7. The van der Waals surface area contributed by atoms with Crippen molar-refractivity contribution < 1.29 is 10.0 Å². The molecule has 0 bridgehead atoms. The van der Waals surface area contributed by atoms with Gasteiger partial charge in [-0.05, 0) is 35.2 Å². The van der Waals surface area contributed by atoms with Crippen LogP contribution in [-0.2, 0) is 13.1 Å². The van der Waals surface area contributed by atoms with Gasteiger partial charge in [-0.2, -0.15) is 0 Å². The summed E-state index contributed by atoms with van der Waals surface area (Å²) in [7, 11) is 0. The summed E-state index contributed by atoms with van der Waals surface area (Å²) in [6.45, 7) is 7.02. The molecule has 0 spiro atoms. The molecule has 23 heavy (non-hydrogen) atoms. The molecule has 0 saturated carbocycles. The molecule has 0 fully saturated rings. The average Bonchev–Trinajstić information content (AvgIpc) is 2.55. The van der Waals surface area contributed by atoms with Crippen LogP contribution in [0.5, 0.6) is 0 Å². The van der Waals surface area contributed by atoms with Crippen LogP contribution in [0.25, 0.3) is 0 Å². The summed E-state index contributed by atoms with van der Waals surface area (Å²) in [5.74, 6) is 0.0667. The lowest BCUT2D eigenvalue weighted by atomic mass is 10.1. The van der Waals surface area contributed by atoms with E-state index in [1.807, 2.05) is 24.4 Å². The van der Waals surface area contributed by atoms with Crippen molar-refractivity contribution in [3.63, 3.8) is 0 Å². The van der Waals surface area contributed by atoms with Crippen LogP contribution in [0.2, 0.25) is 0 Å². The van der Waals surface area contributed by atoms with Crippen LogP contribution in [0.15, 0.2) is 48.8 Å². The summed E-state index contributed by atoms with van der Waals surface area (Å²) in [6, 6.07) is 11.3. The zero-order chi connectivity index (χ0) is 16.7. The van der Waals surface area contributed by atoms with Crippen molar-refractivity contribution in [1.29, 1.82) is 0 Å². The Labute approximate surface area is 136 Å². The van der Waals surface area contributed by atoms with E-state index in [0.29, 0.717) is 11.5 Å². The number of amides is 1. The number of hydrogen-bond acceptors (Lipinski definition) is 4. The predicted octanol–water partition coefficient (Wildman–Crippen LogP) is 2.86. The molecule has 0 aliphatic rings. The SMILES string of the molecule is CC(C)CN(Cc1ccc(C(=O)NO)cc1)Cc1cccnc1. The molecular weight excluding hydrogens is 290 g/mol. The van der Waals surface area contributed by atoms with Crippen molar-refractivity contribution in [2.75, 3.05) is 6.54 Å². The Morgan fingerprint density at radius 2 is 1.87 bits per heavy atom. The number of nitrogens with one attached hydrogen (secondary N) is 1. The molecule has 0 aliphatic carbocycles. The van der Waals surface area contributed by atoms with Crippen LogP contribution >= 0.6 is 0 Å². The van der Waals surface area contributed by atoms with Crippen molar-refractivity contribution in [3.05, 3.63) is 65.5 Å². The monoisotopic (exact) mass is 313 g/mol. The third kappa shape index (κ3) is 5.47. The van der Waals surface area contributed by atoms with Crippen LogP contribution in [0.1, 0.15) is 35.3 Å². The number of nitrogens with zero attached hydrogens (tertiary/aromatic N) is 2. The van der Waals surface area contributed by atoms with E-state index in [-0.39, 0.29) is 0 Å². The molecule has 2 rings (SSSR count). The molecule has 1 amide bonds. The van der Waals surface area contributed by atoms with Gasteiger partial charge in [0.25, 0.3) is 5.91 Å². The lowest BCUT2D eigenvalue weighted by Gasteiger charge is -2.24. The van der Waals surface area contributed by atoms with Crippen LogP contribution in [0.4, 0.5) is 0 Å². The van der Waals surface area contributed by atoms with Crippen molar-refractivity contribution in [3.8, 4) is 0 Å². The highest BCUT2D eigenvalue weighted by Crippen LogP contribution is 2.13. The zero-order valence-electron chi connectivity index (χ0n) is 13.6. The molecule has 5 nitrogen and oxygen atoms in total. The second-order valence-corrected chi connectivity index (χ2v) is 6.06. The van der Waals surface area contributed by atoms with E-state index >= 15 is 0 Å². The number of hydroxylamine groups is 1. The van der Waals surface area contributed by atoms with E-state index in [1.165, 1.54) is 5.56 Å². The Morgan fingerprint density at radius 1 is 1.17 bits per heavy atom. The van der Waals surface area contributed by atoms with Gasteiger partial charge in [0, 0.05) is 37.6 Å². The van der Waals surface area contributed by atoms with E-state index < -0.39 is 5.91 Å². The fourth-order valence-corrected chi connectivity index (χ4v) is 2.54. The Balaban J connectivity index is 2.06. The van der Waals surface area contributed by atoms with Gasteiger partial charge in [0.15, 0.2) is 0 Å². The van der Waals surface area contributed by atoms with Crippen molar-refractivity contribution in [1.82, 2.24) is 15.4 Å².